The largest absolute Gasteiger partial charge is 0.494 e. The number of rotatable bonds is 7. The Morgan fingerprint density at radius 2 is 1.78 bits per heavy atom. The van der Waals surface area contributed by atoms with Crippen LogP contribution in [0.5, 0.6) is 11.5 Å². The number of allylic oxidation sites excluding steroid dienone is 1. The number of benzene rings is 2. The maximum atomic E-state index is 10.6. The molecule has 0 aliphatic heterocycles. The van der Waals surface area contributed by atoms with E-state index in [-0.39, 0.29) is 0 Å². The highest BCUT2D eigenvalue weighted by molar-refractivity contribution is 5.80. The quantitative estimate of drug-likeness (QED) is 0.550. The van der Waals surface area contributed by atoms with Crippen molar-refractivity contribution < 1.29 is 14.3 Å². The summed E-state index contributed by atoms with van der Waals surface area (Å²) in [5.41, 5.74) is 4.18. The molecule has 0 spiro atoms. The molecule has 0 radical (unpaired) electrons. The van der Waals surface area contributed by atoms with E-state index in [1.165, 1.54) is 6.08 Å². The Labute approximate surface area is 137 Å². The van der Waals surface area contributed by atoms with Crippen molar-refractivity contribution in [2.75, 3.05) is 13.2 Å². The van der Waals surface area contributed by atoms with Crippen LogP contribution >= 0.6 is 0 Å². The van der Waals surface area contributed by atoms with Crippen LogP contribution in [0.4, 0.5) is 0 Å². The second kappa shape index (κ2) is 8.18. The normalized spacial score (nSPS) is 10.7. The van der Waals surface area contributed by atoms with Crippen molar-refractivity contribution >= 4 is 12.4 Å². The lowest BCUT2D eigenvalue weighted by molar-refractivity contribution is -0.104. The average molecular weight is 310 g/mol. The topological polar surface area (TPSA) is 35.5 Å². The van der Waals surface area contributed by atoms with E-state index in [4.69, 9.17) is 9.47 Å². The zero-order valence-electron chi connectivity index (χ0n) is 13.8. The number of aldehydes is 1. The summed E-state index contributed by atoms with van der Waals surface area (Å²) in [5.74, 6) is 1.65. The third kappa shape index (κ3) is 4.01. The first-order valence-corrected chi connectivity index (χ1v) is 7.82. The van der Waals surface area contributed by atoms with Crippen LogP contribution in [0.1, 0.15) is 25.0 Å². The predicted octanol–water partition coefficient (Wildman–Crippen LogP) is 4.67. The Morgan fingerprint density at radius 1 is 1.00 bits per heavy atom. The van der Waals surface area contributed by atoms with E-state index in [9.17, 15) is 4.79 Å². The first kappa shape index (κ1) is 16.8. The van der Waals surface area contributed by atoms with E-state index in [0.717, 1.165) is 40.0 Å². The molecule has 0 saturated heterocycles. The molecule has 2 rings (SSSR count). The molecule has 0 saturated carbocycles. The smallest absolute Gasteiger partial charge is 0.142 e. The summed E-state index contributed by atoms with van der Waals surface area (Å²) in [5, 5.41) is 0. The zero-order valence-corrected chi connectivity index (χ0v) is 13.8. The van der Waals surface area contributed by atoms with E-state index in [1.54, 1.807) is 0 Å². The van der Waals surface area contributed by atoms with E-state index in [1.807, 2.05) is 57.2 Å². The molecule has 0 bridgehead atoms. The van der Waals surface area contributed by atoms with Crippen molar-refractivity contribution in [3.8, 4) is 22.6 Å². The lowest BCUT2D eigenvalue weighted by Gasteiger charge is -2.15. The Hall–Kier alpha value is -2.55. The predicted molar refractivity (Wildman–Crippen MR) is 94.1 cm³/mol. The first-order valence-electron chi connectivity index (χ1n) is 7.82. The number of hydrogen-bond donors (Lipinski definition) is 0. The molecule has 0 aliphatic rings. The van der Waals surface area contributed by atoms with Gasteiger partial charge in [0, 0.05) is 5.56 Å². The SMILES string of the molecule is CCOc1ccc(OCC)c(-c2cccc(/C=C/C=O)c2C)c1. The molecule has 2 aromatic carbocycles. The van der Waals surface area contributed by atoms with Crippen LogP contribution in [0.2, 0.25) is 0 Å². The molecule has 23 heavy (non-hydrogen) atoms. The molecule has 0 N–H and O–H groups in total. The van der Waals surface area contributed by atoms with Crippen LogP contribution < -0.4 is 9.47 Å². The van der Waals surface area contributed by atoms with Crippen molar-refractivity contribution in [1.29, 1.82) is 0 Å². The van der Waals surface area contributed by atoms with Crippen molar-refractivity contribution in [2.45, 2.75) is 20.8 Å². The van der Waals surface area contributed by atoms with Gasteiger partial charge in [-0.15, -0.1) is 0 Å². The summed E-state index contributed by atoms with van der Waals surface area (Å²) in [6.07, 6.45) is 4.11. The molecule has 3 nitrogen and oxygen atoms in total. The minimum absolute atomic E-state index is 0.602. The van der Waals surface area contributed by atoms with Crippen molar-refractivity contribution in [3.05, 3.63) is 53.6 Å². The molecule has 0 fully saturated rings. The lowest BCUT2D eigenvalue weighted by Crippen LogP contribution is -1.98. The molecule has 0 aromatic heterocycles. The molecule has 3 heteroatoms. The van der Waals surface area contributed by atoms with Gasteiger partial charge in [-0.25, -0.2) is 0 Å². The summed E-state index contributed by atoms with van der Waals surface area (Å²) < 4.78 is 11.4. The number of hydrogen-bond acceptors (Lipinski definition) is 3. The molecule has 0 heterocycles. The van der Waals surface area contributed by atoms with Gasteiger partial charge >= 0.3 is 0 Å². The van der Waals surface area contributed by atoms with E-state index in [0.29, 0.717) is 13.2 Å². The average Bonchev–Trinajstić information content (AvgIpc) is 2.56. The van der Waals surface area contributed by atoms with E-state index >= 15 is 0 Å². The summed E-state index contributed by atoms with van der Waals surface area (Å²) in [7, 11) is 0. The molecule has 0 amide bonds. The Bertz CT molecular complexity index is 702. The van der Waals surface area contributed by atoms with Crippen LogP contribution in [0.25, 0.3) is 17.2 Å². The van der Waals surface area contributed by atoms with Gasteiger partial charge in [0.25, 0.3) is 0 Å². The van der Waals surface area contributed by atoms with Gasteiger partial charge in [0.2, 0.25) is 0 Å². The number of ether oxygens (including phenoxy) is 2. The molecule has 120 valence electrons. The van der Waals surface area contributed by atoms with Gasteiger partial charge in [0.1, 0.15) is 17.8 Å². The van der Waals surface area contributed by atoms with Crippen LogP contribution in [-0.2, 0) is 4.79 Å². The van der Waals surface area contributed by atoms with Crippen LogP contribution in [-0.4, -0.2) is 19.5 Å². The van der Waals surface area contributed by atoms with E-state index in [2.05, 4.69) is 6.07 Å². The standard InChI is InChI=1S/C20H22O3/c1-4-22-17-11-12-20(23-5-2)19(14-17)18-10-6-8-16(15(18)3)9-7-13-21/h6-14H,4-5H2,1-3H3/b9-7+. The van der Waals surface area contributed by atoms with Gasteiger partial charge in [-0.05, 0) is 61.7 Å². The minimum atomic E-state index is 0.602. The van der Waals surface area contributed by atoms with E-state index < -0.39 is 0 Å². The van der Waals surface area contributed by atoms with Gasteiger partial charge in [-0.2, -0.15) is 0 Å². The maximum Gasteiger partial charge on any atom is 0.142 e. The molecular weight excluding hydrogens is 288 g/mol. The Kier molecular flexibility index (Phi) is 5.98. The zero-order chi connectivity index (χ0) is 16.7. The third-order valence-electron chi connectivity index (χ3n) is 3.58. The second-order valence-corrected chi connectivity index (χ2v) is 5.04. The van der Waals surface area contributed by atoms with Crippen LogP contribution in [0.15, 0.2) is 42.5 Å². The number of carbonyl (C=O) groups is 1. The molecular formula is C20H22O3. The van der Waals surface area contributed by atoms with Crippen molar-refractivity contribution in [3.63, 3.8) is 0 Å². The van der Waals surface area contributed by atoms with Gasteiger partial charge in [-0.3, -0.25) is 4.79 Å². The summed E-state index contributed by atoms with van der Waals surface area (Å²) >= 11 is 0. The molecule has 0 aliphatic carbocycles. The lowest BCUT2D eigenvalue weighted by atomic mass is 9.95. The van der Waals surface area contributed by atoms with Crippen LogP contribution in [0.3, 0.4) is 0 Å². The molecule has 0 unspecified atom stereocenters. The van der Waals surface area contributed by atoms with Gasteiger partial charge in [0.05, 0.1) is 13.2 Å². The highest BCUT2D eigenvalue weighted by Crippen LogP contribution is 2.36. The van der Waals surface area contributed by atoms with Crippen LogP contribution in [0, 0.1) is 6.92 Å². The number of carbonyl (C=O) groups excluding carboxylic acids is 1. The highest BCUT2D eigenvalue weighted by Gasteiger charge is 2.12. The van der Waals surface area contributed by atoms with Gasteiger partial charge in [-0.1, -0.05) is 24.3 Å². The van der Waals surface area contributed by atoms with Gasteiger partial charge in [0.15, 0.2) is 0 Å². The van der Waals surface area contributed by atoms with Gasteiger partial charge < -0.3 is 9.47 Å². The molecule has 2 aromatic rings. The molecule has 0 atom stereocenters. The fourth-order valence-corrected chi connectivity index (χ4v) is 2.53. The highest BCUT2D eigenvalue weighted by atomic mass is 16.5. The maximum absolute atomic E-state index is 10.6. The van der Waals surface area contributed by atoms with Crippen molar-refractivity contribution in [1.82, 2.24) is 0 Å². The summed E-state index contributed by atoms with van der Waals surface area (Å²) in [6.45, 7) is 7.20. The fourth-order valence-electron chi connectivity index (χ4n) is 2.53. The third-order valence-corrected chi connectivity index (χ3v) is 3.58. The Morgan fingerprint density at radius 3 is 2.48 bits per heavy atom. The fraction of sp³-hybridized carbons (Fsp3) is 0.250. The summed E-state index contributed by atoms with van der Waals surface area (Å²) in [6, 6.07) is 11.9. The second-order valence-electron chi connectivity index (χ2n) is 5.04. The first-order chi connectivity index (χ1) is 11.2. The summed E-state index contributed by atoms with van der Waals surface area (Å²) in [4.78, 5) is 10.6. The minimum Gasteiger partial charge on any atom is -0.494 e. The van der Waals surface area contributed by atoms with Crippen molar-refractivity contribution in [2.24, 2.45) is 0 Å². The Balaban J connectivity index is 2.57. The monoisotopic (exact) mass is 310 g/mol.